The zero-order valence-electron chi connectivity index (χ0n) is 25.2. The Kier molecular flexibility index (Phi) is 9.51. The van der Waals surface area contributed by atoms with Crippen LogP contribution < -0.4 is 5.32 Å². The lowest BCUT2D eigenvalue weighted by molar-refractivity contribution is -0.143. The van der Waals surface area contributed by atoms with E-state index in [1.807, 2.05) is 0 Å². The maximum absolute atomic E-state index is 13.7. The number of benzene rings is 3. The van der Waals surface area contributed by atoms with Gasteiger partial charge in [0.1, 0.15) is 11.7 Å². The monoisotopic (exact) mass is 581 g/mol. The van der Waals surface area contributed by atoms with E-state index in [1.54, 1.807) is 26.0 Å². The highest BCUT2D eigenvalue weighted by Crippen LogP contribution is 2.42. The fourth-order valence-electron chi connectivity index (χ4n) is 6.81. The summed E-state index contributed by atoms with van der Waals surface area (Å²) in [4.78, 5) is 33.4. The van der Waals surface area contributed by atoms with Crippen LogP contribution in [0.25, 0.3) is 0 Å². The Morgan fingerprint density at radius 3 is 2.07 bits per heavy atom. The number of hydrogen-bond donors (Lipinski definition) is 1. The Balaban J connectivity index is 1.23. The van der Waals surface area contributed by atoms with Crippen molar-refractivity contribution in [3.63, 3.8) is 0 Å². The number of nitrogens with one attached hydrogen (secondary N) is 1. The molecule has 6 nitrogen and oxygen atoms in total. The van der Waals surface area contributed by atoms with Crippen molar-refractivity contribution in [3.05, 3.63) is 119 Å². The average molecular weight is 582 g/mol. The molecule has 0 radical (unpaired) electrons. The molecule has 0 aliphatic carbocycles. The molecule has 0 aromatic heterocycles. The number of methoxy groups -OCH3 is 1. The van der Waals surface area contributed by atoms with Crippen LogP contribution in [0.4, 0.5) is 4.39 Å². The summed E-state index contributed by atoms with van der Waals surface area (Å²) in [6, 6.07) is 27.6. The van der Waals surface area contributed by atoms with E-state index in [9.17, 15) is 14.0 Å². The quantitative estimate of drug-likeness (QED) is 0.247. The summed E-state index contributed by atoms with van der Waals surface area (Å²) in [6.07, 6.45) is 2.86. The first-order chi connectivity index (χ1) is 20.8. The second-order valence-electron chi connectivity index (χ2n) is 11.5. The van der Waals surface area contributed by atoms with Crippen molar-refractivity contribution in [2.24, 2.45) is 10.9 Å². The normalized spacial score (nSPS) is 20.3. The smallest absolute Gasteiger partial charge is 0.315 e. The topological polar surface area (TPSA) is 71.0 Å². The second-order valence-corrected chi connectivity index (χ2v) is 11.5. The number of carbonyl (C=O) groups is 2. The van der Waals surface area contributed by atoms with Gasteiger partial charge >= 0.3 is 5.97 Å². The molecule has 0 bridgehead atoms. The van der Waals surface area contributed by atoms with Gasteiger partial charge in [0, 0.05) is 34.9 Å². The third-order valence-electron chi connectivity index (χ3n) is 9.06. The number of ether oxygens (including phenoxy) is 1. The summed E-state index contributed by atoms with van der Waals surface area (Å²) >= 11 is 0. The third-order valence-corrected chi connectivity index (χ3v) is 9.06. The van der Waals surface area contributed by atoms with Crippen LogP contribution in [-0.4, -0.2) is 55.8 Å². The van der Waals surface area contributed by atoms with Crippen LogP contribution in [0, 0.1) is 11.7 Å². The van der Waals surface area contributed by atoms with Crippen molar-refractivity contribution in [2.75, 3.05) is 33.3 Å². The van der Waals surface area contributed by atoms with Gasteiger partial charge < -0.3 is 15.0 Å². The second kappa shape index (κ2) is 13.5. The van der Waals surface area contributed by atoms with Crippen molar-refractivity contribution < 1.29 is 18.7 Å². The summed E-state index contributed by atoms with van der Waals surface area (Å²) in [6.45, 7) is 6.87. The fraction of sp³-hybridized carbons (Fsp3) is 0.361. The molecule has 5 rings (SSSR count). The fourth-order valence-corrected chi connectivity index (χ4v) is 6.81. The Morgan fingerprint density at radius 1 is 0.930 bits per heavy atom. The molecule has 0 saturated carbocycles. The van der Waals surface area contributed by atoms with Gasteiger partial charge in [-0.1, -0.05) is 72.8 Å². The summed E-state index contributed by atoms with van der Waals surface area (Å²) < 4.78 is 18.8. The first-order valence-electron chi connectivity index (χ1n) is 15.0. The molecule has 224 valence electrons. The lowest BCUT2D eigenvalue weighted by Crippen LogP contribution is -2.44. The first-order valence-corrected chi connectivity index (χ1v) is 15.0. The largest absolute Gasteiger partial charge is 0.468 e. The molecule has 2 aliphatic rings. The van der Waals surface area contributed by atoms with Gasteiger partial charge in [-0.3, -0.25) is 14.6 Å². The molecule has 1 saturated heterocycles. The number of amides is 1. The van der Waals surface area contributed by atoms with Gasteiger partial charge in [-0.05, 0) is 81.6 Å². The van der Waals surface area contributed by atoms with E-state index in [4.69, 9.17) is 4.74 Å². The van der Waals surface area contributed by atoms with Crippen molar-refractivity contribution in [1.82, 2.24) is 10.2 Å². The molecule has 2 heterocycles. The third kappa shape index (κ3) is 6.47. The number of likely N-dealkylation sites (tertiary alicyclic amines) is 1. The maximum atomic E-state index is 13.7. The van der Waals surface area contributed by atoms with E-state index in [0.29, 0.717) is 29.1 Å². The highest BCUT2D eigenvalue weighted by Gasteiger charge is 2.42. The minimum absolute atomic E-state index is 0.00239. The lowest BCUT2D eigenvalue weighted by atomic mass is 9.68. The van der Waals surface area contributed by atoms with Crippen LogP contribution in [0.1, 0.15) is 55.7 Å². The highest BCUT2D eigenvalue weighted by atomic mass is 19.1. The molecule has 1 amide bonds. The molecule has 1 fully saturated rings. The SMILES string of the molecule is COC(=O)C1C(C)=NC(C)=C(C(=O)NCCCN2CCC(c3ccccc3)(c3ccccc3)CC2)C1c1ccc(F)cc1. The van der Waals surface area contributed by atoms with Gasteiger partial charge in [0.25, 0.3) is 0 Å². The number of piperidine rings is 1. The number of allylic oxidation sites excluding steroid dienone is 1. The van der Waals surface area contributed by atoms with Crippen LogP contribution in [0.15, 0.2) is 101 Å². The van der Waals surface area contributed by atoms with E-state index in [1.165, 1.54) is 30.4 Å². The van der Waals surface area contributed by atoms with Crippen LogP contribution in [-0.2, 0) is 19.7 Å². The van der Waals surface area contributed by atoms with Crippen LogP contribution in [0.3, 0.4) is 0 Å². The van der Waals surface area contributed by atoms with Gasteiger partial charge in [0.05, 0.1) is 7.11 Å². The summed E-state index contributed by atoms with van der Waals surface area (Å²) in [7, 11) is 1.33. The van der Waals surface area contributed by atoms with Gasteiger partial charge in [0.15, 0.2) is 0 Å². The van der Waals surface area contributed by atoms with Crippen LogP contribution in [0.2, 0.25) is 0 Å². The Bertz CT molecular complexity index is 1440. The predicted molar refractivity (Wildman–Crippen MR) is 167 cm³/mol. The molecule has 43 heavy (non-hydrogen) atoms. The number of aliphatic imine (C=N–C) groups is 1. The number of esters is 1. The predicted octanol–water partition coefficient (Wildman–Crippen LogP) is 6.04. The minimum Gasteiger partial charge on any atom is -0.468 e. The first kappa shape index (κ1) is 30.4. The molecule has 2 aliphatic heterocycles. The highest BCUT2D eigenvalue weighted by molar-refractivity contribution is 6.07. The zero-order chi connectivity index (χ0) is 30.4. The number of rotatable bonds is 9. The molecule has 2 unspecified atom stereocenters. The minimum atomic E-state index is -0.761. The molecule has 3 aromatic rings. The maximum Gasteiger partial charge on any atom is 0.315 e. The van der Waals surface area contributed by atoms with E-state index < -0.39 is 17.8 Å². The Morgan fingerprint density at radius 2 is 1.51 bits per heavy atom. The molecule has 3 aromatic carbocycles. The van der Waals surface area contributed by atoms with Gasteiger partial charge in [-0.2, -0.15) is 0 Å². The van der Waals surface area contributed by atoms with Crippen molar-refractivity contribution in [2.45, 2.75) is 44.4 Å². The van der Waals surface area contributed by atoms with Crippen molar-refractivity contribution in [1.29, 1.82) is 0 Å². The summed E-state index contributed by atoms with van der Waals surface area (Å²) in [5, 5.41) is 3.07. The standard InChI is InChI=1S/C36H40FN3O3/c1-25-31(33(27-15-17-30(37)18-16-27)32(26(2)39-25)35(42)43-3)34(41)38-21-10-22-40-23-19-36(20-24-40,28-11-6-4-7-12-28)29-13-8-5-9-14-29/h4-9,11-18,32-33H,10,19-24H2,1-3H3,(H,38,41). The number of halogens is 1. The van der Waals surface area contributed by atoms with Crippen LogP contribution in [0.5, 0.6) is 0 Å². The number of nitrogens with zero attached hydrogens (tertiary/aromatic N) is 2. The Hall–Kier alpha value is -4.10. The van der Waals surface area contributed by atoms with Crippen LogP contribution >= 0.6 is 0 Å². The zero-order valence-corrected chi connectivity index (χ0v) is 25.2. The van der Waals surface area contributed by atoms with E-state index in [-0.39, 0.29) is 17.1 Å². The van der Waals surface area contributed by atoms with Gasteiger partial charge in [0.2, 0.25) is 5.91 Å². The lowest BCUT2D eigenvalue weighted by Gasteiger charge is -2.43. The molecule has 1 N–H and O–H groups in total. The van der Waals surface area contributed by atoms with Gasteiger partial charge in [-0.25, -0.2) is 4.39 Å². The average Bonchev–Trinajstić information content (AvgIpc) is 3.04. The molecular formula is C36H40FN3O3. The molecule has 0 spiro atoms. The molecular weight excluding hydrogens is 541 g/mol. The van der Waals surface area contributed by atoms with Gasteiger partial charge in [-0.15, -0.1) is 0 Å². The Labute approximate surface area is 253 Å². The van der Waals surface area contributed by atoms with Crippen molar-refractivity contribution in [3.8, 4) is 0 Å². The van der Waals surface area contributed by atoms with E-state index in [2.05, 4.69) is 75.9 Å². The van der Waals surface area contributed by atoms with Crippen molar-refractivity contribution >= 4 is 17.6 Å². The summed E-state index contributed by atoms with van der Waals surface area (Å²) in [5.74, 6) is -2.49. The summed E-state index contributed by atoms with van der Waals surface area (Å²) in [5.41, 5.74) is 4.94. The molecule has 2 atom stereocenters. The number of carbonyl (C=O) groups excluding carboxylic acids is 2. The molecule has 7 heteroatoms. The number of hydrogen-bond acceptors (Lipinski definition) is 5. The van der Waals surface area contributed by atoms with E-state index >= 15 is 0 Å². The van der Waals surface area contributed by atoms with E-state index in [0.717, 1.165) is 38.9 Å².